The summed E-state index contributed by atoms with van der Waals surface area (Å²) in [6, 6.07) is 16.9. The molecule has 1 aromatic heterocycles. The molecule has 2 aromatic carbocycles. The zero-order valence-electron chi connectivity index (χ0n) is 21.1. The first-order valence-electron chi connectivity index (χ1n) is 12.9. The molecule has 2 heterocycles. The van der Waals surface area contributed by atoms with Crippen molar-refractivity contribution in [1.82, 2.24) is 19.2 Å². The van der Waals surface area contributed by atoms with Crippen LogP contribution in [0.1, 0.15) is 47.4 Å². The number of ether oxygens (including phenoxy) is 1. The van der Waals surface area contributed by atoms with E-state index in [4.69, 9.17) is 4.74 Å². The van der Waals surface area contributed by atoms with Gasteiger partial charge in [0.1, 0.15) is 12.4 Å². The average molecular weight is 520 g/mol. The summed E-state index contributed by atoms with van der Waals surface area (Å²) in [6.07, 6.45) is 8.46. The number of hydrogen-bond donors (Lipinski definition) is 1. The van der Waals surface area contributed by atoms with E-state index < -0.39 is 10.0 Å². The molecule has 1 aliphatic carbocycles. The lowest BCUT2D eigenvalue weighted by Crippen LogP contribution is -2.41. The van der Waals surface area contributed by atoms with Gasteiger partial charge in [-0.2, -0.15) is 5.26 Å². The Morgan fingerprint density at radius 1 is 1.19 bits per heavy atom. The summed E-state index contributed by atoms with van der Waals surface area (Å²) in [5.74, 6) is 1.05. The highest BCUT2D eigenvalue weighted by molar-refractivity contribution is 7.89. The standard InChI is InChI=1S/C28H33N5O3S/c1-32-19-28(30-20-32)37(34,35)31-11-14-36-24-9-7-23-8-10-27(33-12-2-3-13-33)26(25(23)17-24)16-21-5-4-6-22(15-21)18-29/h4-7,9,15,17,19-20,26-27,31H,2-3,8,10-14,16H2,1H3. The Bertz CT molecular complexity index is 1390. The fraction of sp³-hybridized carbons (Fsp3) is 0.429. The second-order valence-electron chi connectivity index (χ2n) is 9.96. The number of nitrogens with zero attached hydrogens (tertiary/aromatic N) is 4. The van der Waals surface area contributed by atoms with Gasteiger partial charge in [-0.25, -0.2) is 18.1 Å². The molecule has 9 heteroatoms. The summed E-state index contributed by atoms with van der Waals surface area (Å²) >= 11 is 0. The highest BCUT2D eigenvalue weighted by atomic mass is 32.2. The van der Waals surface area contributed by atoms with E-state index in [1.807, 2.05) is 24.3 Å². The highest BCUT2D eigenvalue weighted by Crippen LogP contribution is 2.40. The molecule has 1 fully saturated rings. The van der Waals surface area contributed by atoms with Crippen LogP contribution in [0.5, 0.6) is 5.75 Å². The van der Waals surface area contributed by atoms with E-state index in [-0.39, 0.29) is 18.2 Å². The van der Waals surface area contributed by atoms with Crippen LogP contribution in [-0.4, -0.2) is 55.2 Å². The highest BCUT2D eigenvalue weighted by Gasteiger charge is 2.35. The summed E-state index contributed by atoms with van der Waals surface area (Å²) in [7, 11) is -1.94. The fourth-order valence-electron chi connectivity index (χ4n) is 5.67. The Hall–Kier alpha value is -3.19. The molecule has 2 aliphatic rings. The number of aryl methyl sites for hydroxylation is 2. The van der Waals surface area contributed by atoms with Gasteiger partial charge >= 0.3 is 0 Å². The summed E-state index contributed by atoms with van der Waals surface area (Å²) in [5.41, 5.74) is 4.52. The second kappa shape index (κ2) is 11.1. The van der Waals surface area contributed by atoms with E-state index in [0.717, 1.165) is 38.1 Å². The molecule has 1 saturated heterocycles. The van der Waals surface area contributed by atoms with Gasteiger partial charge < -0.3 is 9.30 Å². The zero-order valence-corrected chi connectivity index (χ0v) is 22.0. The lowest BCUT2D eigenvalue weighted by molar-refractivity contribution is 0.188. The summed E-state index contributed by atoms with van der Waals surface area (Å²) < 4.78 is 35.0. The van der Waals surface area contributed by atoms with Crippen molar-refractivity contribution >= 4 is 10.0 Å². The molecule has 1 N–H and O–H groups in total. The molecule has 3 aromatic rings. The molecule has 5 rings (SSSR count). The number of nitriles is 1. The average Bonchev–Trinajstić information content (AvgIpc) is 3.60. The maximum atomic E-state index is 12.4. The van der Waals surface area contributed by atoms with Crippen molar-refractivity contribution in [3.05, 3.63) is 77.2 Å². The number of benzene rings is 2. The van der Waals surface area contributed by atoms with Crippen LogP contribution in [0, 0.1) is 11.3 Å². The topological polar surface area (TPSA) is 100 Å². The minimum Gasteiger partial charge on any atom is -0.492 e. The zero-order chi connectivity index (χ0) is 25.8. The Labute approximate surface area is 218 Å². The molecule has 0 bridgehead atoms. The van der Waals surface area contributed by atoms with Gasteiger partial charge in [-0.15, -0.1) is 0 Å². The van der Waals surface area contributed by atoms with E-state index >= 15 is 0 Å². The van der Waals surface area contributed by atoms with Gasteiger partial charge in [0.05, 0.1) is 18.0 Å². The van der Waals surface area contributed by atoms with Crippen LogP contribution < -0.4 is 9.46 Å². The van der Waals surface area contributed by atoms with E-state index in [9.17, 15) is 13.7 Å². The predicted molar refractivity (Wildman–Crippen MR) is 141 cm³/mol. The van der Waals surface area contributed by atoms with E-state index in [1.165, 1.54) is 42.1 Å². The first-order valence-corrected chi connectivity index (χ1v) is 14.4. The molecule has 2 atom stereocenters. The molecule has 1 aliphatic heterocycles. The third kappa shape index (κ3) is 5.87. The number of sulfonamides is 1. The summed E-state index contributed by atoms with van der Waals surface area (Å²) in [6.45, 7) is 2.65. The lowest BCUT2D eigenvalue weighted by Gasteiger charge is -2.39. The van der Waals surface area contributed by atoms with Crippen LogP contribution in [-0.2, 0) is 29.9 Å². The van der Waals surface area contributed by atoms with Gasteiger partial charge in [-0.1, -0.05) is 18.2 Å². The number of hydrogen-bond acceptors (Lipinski definition) is 6. The van der Waals surface area contributed by atoms with Crippen LogP contribution in [0.25, 0.3) is 0 Å². The van der Waals surface area contributed by atoms with Crippen LogP contribution in [0.2, 0.25) is 0 Å². The number of aromatic nitrogens is 2. The van der Waals surface area contributed by atoms with Gasteiger partial charge in [-0.05, 0) is 86.1 Å². The SMILES string of the molecule is Cn1cnc(S(=O)(=O)NCCOc2ccc3c(c2)C(Cc2cccc(C#N)c2)C(N2CCCC2)CC3)c1. The quantitative estimate of drug-likeness (QED) is 0.435. The molecule has 0 amide bonds. The van der Waals surface area contributed by atoms with E-state index in [0.29, 0.717) is 17.5 Å². The lowest BCUT2D eigenvalue weighted by atomic mass is 9.75. The molecule has 0 saturated carbocycles. The first-order chi connectivity index (χ1) is 17.9. The number of imidazole rings is 1. The van der Waals surface area contributed by atoms with Crippen molar-refractivity contribution in [3.63, 3.8) is 0 Å². The van der Waals surface area contributed by atoms with Crippen molar-refractivity contribution in [2.24, 2.45) is 7.05 Å². The normalized spacial score (nSPS) is 19.9. The van der Waals surface area contributed by atoms with Crippen LogP contribution in [0.15, 0.2) is 60.0 Å². The van der Waals surface area contributed by atoms with Crippen LogP contribution >= 0.6 is 0 Å². The molecule has 194 valence electrons. The monoisotopic (exact) mass is 519 g/mol. The van der Waals surface area contributed by atoms with Crippen LogP contribution in [0.3, 0.4) is 0 Å². The van der Waals surface area contributed by atoms with E-state index in [2.05, 4.69) is 38.9 Å². The third-order valence-electron chi connectivity index (χ3n) is 7.43. The Morgan fingerprint density at radius 2 is 2.03 bits per heavy atom. The minimum atomic E-state index is -3.66. The Morgan fingerprint density at radius 3 is 2.78 bits per heavy atom. The summed E-state index contributed by atoms with van der Waals surface area (Å²) in [5, 5.41) is 9.38. The summed E-state index contributed by atoms with van der Waals surface area (Å²) in [4.78, 5) is 6.56. The third-order valence-corrected chi connectivity index (χ3v) is 8.78. The number of nitrogens with one attached hydrogen (secondary N) is 1. The molecular weight excluding hydrogens is 486 g/mol. The Balaban J connectivity index is 1.31. The molecule has 8 nitrogen and oxygen atoms in total. The Kier molecular flexibility index (Phi) is 7.60. The van der Waals surface area contributed by atoms with Crippen molar-refractivity contribution in [2.75, 3.05) is 26.2 Å². The molecular formula is C28H33N5O3S. The number of fused-ring (bicyclic) bond motifs is 1. The number of likely N-dealkylation sites (tertiary alicyclic amines) is 1. The predicted octanol–water partition coefficient (Wildman–Crippen LogP) is 3.39. The maximum absolute atomic E-state index is 12.4. The van der Waals surface area contributed by atoms with Crippen molar-refractivity contribution in [2.45, 2.75) is 49.1 Å². The molecule has 0 radical (unpaired) electrons. The van der Waals surface area contributed by atoms with Gasteiger partial charge in [0.15, 0.2) is 5.03 Å². The van der Waals surface area contributed by atoms with Gasteiger partial charge in [0.25, 0.3) is 10.0 Å². The van der Waals surface area contributed by atoms with Crippen LogP contribution in [0.4, 0.5) is 0 Å². The molecule has 37 heavy (non-hydrogen) atoms. The molecule has 2 unspecified atom stereocenters. The van der Waals surface area contributed by atoms with Crippen molar-refractivity contribution in [3.8, 4) is 11.8 Å². The minimum absolute atomic E-state index is 0.0000412. The first kappa shape index (κ1) is 25.5. The van der Waals surface area contributed by atoms with Gasteiger partial charge in [0, 0.05) is 31.7 Å². The fourth-order valence-corrected chi connectivity index (χ4v) is 6.66. The smallest absolute Gasteiger partial charge is 0.259 e. The maximum Gasteiger partial charge on any atom is 0.259 e. The van der Waals surface area contributed by atoms with Crippen molar-refractivity contribution < 1.29 is 13.2 Å². The van der Waals surface area contributed by atoms with Gasteiger partial charge in [0.2, 0.25) is 0 Å². The largest absolute Gasteiger partial charge is 0.492 e. The number of rotatable bonds is 9. The van der Waals surface area contributed by atoms with Crippen molar-refractivity contribution in [1.29, 1.82) is 5.26 Å². The van der Waals surface area contributed by atoms with Gasteiger partial charge in [-0.3, -0.25) is 4.90 Å². The van der Waals surface area contributed by atoms with E-state index in [1.54, 1.807) is 11.6 Å². The molecule has 0 spiro atoms. The second-order valence-corrected chi connectivity index (χ2v) is 11.7.